The van der Waals surface area contributed by atoms with E-state index in [0.717, 1.165) is 11.1 Å². The van der Waals surface area contributed by atoms with E-state index >= 15 is 0 Å². The van der Waals surface area contributed by atoms with Crippen LogP contribution in [0.5, 0.6) is 0 Å². The molecule has 0 aliphatic carbocycles. The predicted octanol–water partition coefficient (Wildman–Crippen LogP) is 4.73. The molecule has 0 radical (unpaired) electrons. The molecule has 0 aliphatic heterocycles. The monoisotopic (exact) mass is 399 g/mol. The molecular weight excluding hydrogens is 378 g/mol. The topological polar surface area (TPSA) is 83.4 Å². The van der Waals surface area contributed by atoms with Crippen LogP contribution in [0.2, 0.25) is 0 Å². The Morgan fingerprint density at radius 2 is 1.33 bits per heavy atom. The first-order valence-corrected chi connectivity index (χ1v) is 9.63. The molecular formula is C24H21N3O3. The van der Waals surface area contributed by atoms with E-state index < -0.39 is 11.7 Å². The second-order valence-corrected chi connectivity index (χ2v) is 6.77. The van der Waals surface area contributed by atoms with Gasteiger partial charge in [0.1, 0.15) is 5.58 Å². The molecule has 0 spiro atoms. The Morgan fingerprint density at radius 3 is 2.03 bits per heavy atom. The molecule has 1 heterocycles. The summed E-state index contributed by atoms with van der Waals surface area (Å²) in [5.74, 6) is 0. The molecule has 3 aromatic carbocycles. The third-order valence-corrected chi connectivity index (χ3v) is 4.66. The lowest BCUT2D eigenvalue weighted by molar-refractivity contribution is 0.251. The van der Waals surface area contributed by atoms with Crippen molar-refractivity contribution in [1.29, 1.82) is 0 Å². The highest BCUT2D eigenvalue weighted by atomic mass is 16.4. The highest BCUT2D eigenvalue weighted by Gasteiger charge is 2.17. The molecule has 0 saturated heterocycles. The minimum absolute atomic E-state index is 0.0789. The van der Waals surface area contributed by atoms with Crippen molar-refractivity contribution in [1.82, 2.24) is 5.32 Å². The fourth-order valence-electron chi connectivity index (χ4n) is 3.17. The number of benzene rings is 3. The van der Waals surface area contributed by atoms with Gasteiger partial charge in [-0.05, 0) is 23.3 Å². The Labute approximate surface area is 173 Å². The van der Waals surface area contributed by atoms with E-state index in [0.29, 0.717) is 29.7 Å². The van der Waals surface area contributed by atoms with Gasteiger partial charge in [-0.15, -0.1) is 0 Å². The lowest BCUT2D eigenvalue weighted by Gasteiger charge is -2.15. The number of anilines is 2. The zero-order chi connectivity index (χ0) is 20.8. The van der Waals surface area contributed by atoms with Crippen LogP contribution in [0.3, 0.4) is 0 Å². The van der Waals surface area contributed by atoms with Crippen LogP contribution in [0.4, 0.5) is 16.2 Å². The van der Waals surface area contributed by atoms with Crippen molar-refractivity contribution >= 4 is 28.4 Å². The number of urea groups is 1. The molecule has 0 bridgehead atoms. The number of para-hydroxylation sites is 1. The van der Waals surface area contributed by atoms with E-state index in [2.05, 4.69) is 16.0 Å². The van der Waals surface area contributed by atoms with Crippen molar-refractivity contribution in [3.8, 4) is 0 Å². The second-order valence-electron chi connectivity index (χ2n) is 6.77. The number of nitrogens with one attached hydrogen (secondary N) is 3. The Bertz CT molecular complexity index is 1200. The van der Waals surface area contributed by atoms with Crippen LogP contribution in [-0.2, 0) is 13.1 Å². The minimum Gasteiger partial charge on any atom is -0.421 e. The standard InChI is InChI=1S/C24H21N3O3/c28-23-22(27-24(29)26-16-18-11-5-2-6-12-18)21(19-13-7-8-14-20(19)30-23)25-15-17-9-3-1-4-10-17/h1-14,25H,15-16H2,(H2,26,27,29). The van der Waals surface area contributed by atoms with Gasteiger partial charge >= 0.3 is 11.7 Å². The van der Waals surface area contributed by atoms with Crippen molar-refractivity contribution in [2.24, 2.45) is 0 Å². The Balaban J connectivity index is 1.60. The van der Waals surface area contributed by atoms with Crippen LogP contribution in [0.25, 0.3) is 11.0 Å². The molecule has 6 nitrogen and oxygen atoms in total. The SMILES string of the molecule is O=C(NCc1ccccc1)Nc1c(NCc2ccccc2)c2ccccc2oc1=O. The lowest BCUT2D eigenvalue weighted by atomic mass is 10.1. The van der Waals surface area contributed by atoms with E-state index in [9.17, 15) is 9.59 Å². The van der Waals surface area contributed by atoms with Crippen LogP contribution in [-0.4, -0.2) is 6.03 Å². The summed E-state index contributed by atoms with van der Waals surface area (Å²) in [5, 5.41) is 9.43. The first-order chi connectivity index (χ1) is 14.7. The lowest BCUT2D eigenvalue weighted by Crippen LogP contribution is -2.30. The van der Waals surface area contributed by atoms with Gasteiger partial charge in [-0.3, -0.25) is 5.32 Å². The summed E-state index contributed by atoms with van der Waals surface area (Å²) in [4.78, 5) is 25.1. The third kappa shape index (κ3) is 4.50. The number of fused-ring (bicyclic) bond motifs is 1. The minimum atomic E-state index is -0.612. The first kappa shape index (κ1) is 19.3. The van der Waals surface area contributed by atoms with Crippen molar-refractivity contribution in [3.63, 3.8) is 0 Å². The van der Waals surface area contributed by atoms with Gasteiger partial charge in [-0.2, -0.15) is 0 Å². The molecule has 30 heavy (non-hydrogen) atoms. The summed E-state index contributed by atoms with van der Waals surface area (Å²) < 4.78 is 5.41. The zero-order valence-corrected chi connectivity index (χ0v) is 16.2. The van der Waals surface area contributed by atoms with Gasteiger partial charge in [-0.25, -0.2) is 9.59 Å². The van der Waals surface area contributed by atoms with E-state index in [1.807, 2.05) is 72.8 Å². The molecule has 0 fully saturated rings. The average Bonchev–Trinajstić information content (AvgIpc) is 2.79. The van der Waals surface area contributed by atoms with Gasteiger partial charge in [0.25, 0.3) is 0 Å². The molecule has 0 unspecified atom stereocenters. The summed E-state index contributed by atoms with van der Waals surface area (Å²) in [7, 11) is 0. The maximum absolute atomic E-state index is 12.6. The number of carbonyl (C=O) groups is 1. The number of rotatable bonds is 6. The summed E-state index contributed by atoms with van der Waals surface area (Å²) in [5.41, 5.74) is 2.46. The zero-order valence-electron chi connectivity index (χ0n) is 16.2. The van der Waals surface area contributed by atoms with E-state index in [1.165, 1.54) is 0 Å². The summed E-state index contributed by atoms with van der Waals surface area (Å²) in [6, 6.07) is 26.1. The van der Waals surface area contributed by atoms with Crippen LogP contribution in [0.1, 0.15) is 11.1 Å². The van der Waals surface area contributed by atoms with Crippen molar-refractivity contribution in [3.05, 3.63) is 106 Å². The van der Waals surface area contributed by atoms with Crippen LogP contribution >= 0.6 is 0 Å². The molecule has 6 heteroatoms. The van der Waals surface area contributed by atoms with Gasteiger partial charge < -0.3 is 15.1 Å². The van der Waals surface area contributed by atoms with Crippen LogP contribution in [0, 0.1) is 0 Å². The van der Waals surface area contributed by atoms with E-state index in [-0.39, 0.29) is 5.69 Å². The molecule has 4 aromatic rings. The molecule has 0 aliphatic rings. The first-order valence-electron chi connectivity index (χ1n) is 9.63. The largest absolute Gasteiger partial charge is 0.421 e. The smallest absolute Gasteiger partial charge is 0.362 e. The Morgan fingerprint density at radius 1 is 0.733 bits per heavy atom. The van der Waals surface area contributed by atoms with Gasteiger partial charge in [0.2, 0.25) is 0 Å². The third-order valence-electron chi connectivity index (χ3n) is 4.66. The second kappa shape index (κ2) is 8.96. The van der Waals surface area contributed by atoms with Gasteiger partial charge in [0.05, 0.1) is 5.69 Å². The highest BCUT2D eigenvalue weighted by molar-refractivity contribution is 6.01. The van der Waals surface area contributed by atoms with Crippen molar-refractivity contribution in [2.45, 2.75) is 13.1 Å². The number of amides is 2. The molecule has 0 saturated carbocycles. The number of hydrogen-bond acceptors (Lipinski definition) is 4. The average molecular weight is 399 g/mol. The maximum Gasteiger partial charge on any atom is 0.362 e. The predicted molar refractivity (Wildman–Crippen MR) is 119 cm³/mol. The summed E-state index contributed by atoms with van der Waals surface area (Å²) >= 11 is 0. The number of carbonyl (C=O) groups excluding carboxylic acids is 1. The molecule has 0 atom stereocenters. The van der Waals surface area contributed by atoms with Crippen LogP contribution in [0.15, 0.2) is 94.1 Å². The number of hydrogen-bond donors (Lipinski definition) is 3. The maximum atomic E-state index is 12.6. The van der Waals surface area contributed by atoms with Crippen LogP contribution < -0.4 is 21.6 Å². The molecule has 1 aromatic heterocycles. The van der Waals surface area contributed by atoms with E-state index in [1.54, 1.807) is 12.1 Å². The molecule has 2 amide bonds. The van der Waals surface area contributed by atoms with Crippen molar-refractivity contribution < 1.29 is 9.21 Å². The summed E-state index contributed by atoms with van der Waals surface area (Å²) in [6.07, 6.45) is 0. The quantitative estimate of drug-likeness (QED) is 0.410. The Kier molecular flexibility index (Phi) is 5.75. The Hall–Kier alpha value is -4.06. The van der Waals surface area contributed by atoms with Gasteiger partial charge in [0, 0.05) is 18.5 Å². The molecule has 150 valence electrons. The normalized spacial score (nSPS) is 10.5. The molecule has 3 N–H and O–H groups in total. The van der Waals surface area contributed by atoms with Crippen molar-refractivity contribution in [2.75, 3.05) is 10.6 Å². The summed E-state index contributed by atoms with van der Waals surface area (Å²) in [6.45, 7) is 0.840. The van der Waals surface area contributed by atoms with Gasteiger partial charge in [0.15, 0.2) is 5.69 Å². The molecule has 4 rings (SSSR count). The van der Waals surface area contributed by atoms with Gasteiger partial charge in [-0.1, -0.05) is 72.8 Å². The van der Waals surface area contributed by atoms with E-state index in [4.69, 9.17) is 4.42 Å². The fourth-order valence-corrected chi connectivity index (χ4v) is 3.17. The highest BCUT2D eigenvalue weighted by Crippen LogP contribution is 2.29. The fraction of sp³-hybridized carbons (Fsp3) is 0.0833.